The highest BCUT2D eigenvalue weighted by Crippen LogP contribution is 2.29. The molecule has 0 atom stereocenters. The molecule has 15 heavy (non-hydrogen) atoms. The molecule has 2 rings (SSSR count). The van der Waals surface area contributed by atoms with Gasteiger partial charge in [-0.05, 0) is 37.8 Å². The monoisotopic (exact) mass is 224 g/mol. The van der Waals surface area contributed by atoms with Crippen LogP contribution >= 0.6 is 11.6 Å². The molecule has 1 aromatic rings. The van der Waals surface area contributed by atoms with Crippen LogP contribution in [-0.2, 0) is 0 Å². The van der Waals surface area contributed by atoms with Crippen molar-refractivity contribution in [2.45, 2.75) is 32.2 Å². The molecule has 0 bridgehead atoms. The summed E-state index contributed by atoms with van der Waals surface area (Å²) in [4.78, 5) is 6.83. The minimum Gasteiger partial charge on any atom is -0.352 e. The molecule has 1 heterocycles. The van der Waals surface area contributed by atoms with E-state index in [0.29, 0.717) is 11.9 Å². The lowest BCUT2D eigenvalue weighted by atomic mass is 9.91. The lowest BCUT2D eigenvalue weighted by Gasteiger charge is -2.38. The first-order chi connectivity index (χ1) is 7.33. The number of rotatable bonds is 4. The predicted octanol–water partition coefficient (Wildman–Crippen LogP) is 2.99. The molecule has 1 aliphatic rings. The smallest absolute Gasteiger partial charge is 0.131 e. The van der Waals surface area contributed by atoms with Crippen molar-refractivity contribution in [1.29, 1.82) is 0 Å². The third-order valence-electron chi connectivity index (χ3n) is 3.09. The Labute approximate surface area is 96.3 Å². The maximum atomic E-state index is 5.85. The van der Waals surface area contributed by atoms with Gasteiger partial charge < -0.3 is 4.90 Å². The lowest BCUT2D eigenvalue weighted by Crippen LogP contribution is -2.42. The van der Waals surface area contributed by atoms with Gasteiger partial charge in [-0.1, -0.05) is 6.07 Å². The van der Waals surface area contributed by atoms with Crippen LogP contribution in [0.25, 0.3) is 0 Å². The molecular formula is C12H17ClN2. The fourth-order valence-corrected chi connectivity index (χ4v) is 2.21. The zero-order valence-corrected chi connectivity index (χ0v) is 9.87. The number of anilines is 1. The Kier molecular flexibility index (Phi) is 3.47. The number of alkyl halides is 1. The van der Waals surface area contributed by atoms with Crippen LogP contribution in [-0.4, -0.2) is 23.5 Å². The van der Waals surface area contributed by atoms with E-state index in [9.17, 15) is 0 Å². The van der Waals surface area contributed by atoms with Crippen molar-refractivity contribution in [2.75, 3.05) is 17.3 Å². The average Bonchev–Trinajstić information content (AvgIpc) is 2.15. The van der Waals surface area contributed by atoms with Crippen LogP contribution in [0.1, 0.15) is 24.8 Å². The second kappa shape index (κ2) is 4.84. The molecule has 1 aliphatic carbocycles. The summed E-state index contributed by atoms with van der Waals surface area (Å²) in [5.41, 5.74) is 1.24. The summed E-state index contributed by atoms with van der Waals surface area (Å²) in [5, 5.41) is 0. The third-order valence-corrected chi connectivity index (χ3v) is 3.26. The second-order valence-corrected chi connectivity index (χ2v) is 4.49. The van der Waals surface area contributed by atoms with Crippen molar-refractivity contribution >= 4 is 17.4 Å². The molecule has 0 spiro atoms. The molecule has 1 fully saturated rings. The average molecular weight is 225 g/mol. The number of nitrogens with zero attached hydrogens (tertiary/aromatic N) is 2. The Balaban J connectivity index is 2.19. The maximum absolute atomic E-state index is 5.85. The summed E-state index contributed by atoms with van der Waals surface area (Å²) in [7, 11) is 0. The SMILES string of the molecule is Cc1cccnc1N(CCCl)C1CCC1. The molecular weight excluding hydrogens is 208 g/mol. The predicted molar refractivity (Wildman–Crippen MR) is 64.7 cm³/mol. The summed E-state index contributed by atoms with van der Waals surface area (Å²) in [6, 6.07) is 4.76. The van der Waals surface area contributed by atoms with Crippen LogP contribution in [0.15, 0.2) is 18.3 Å². The standard InChI is InChI=1S/C12H17ClN2/c1-10-4-3-8-14-12(10)15(9-7-13)11-5-2-6-11/h3-4,8,11H,2,5-7,9H2,1H3. The molecule has 0 amide bonds. The van der Waals surface area contributed by atoms with Gasteiger partial charge in [0, 0.05) is 24.7 Å². The van der Waals surface area contributed by atoms with Crippen LogP contribution in [0.5, 0.6) is 0 Å². The normalized spacial score (nSPS) is 16.1. The fraction of sp³-hybridized carbons (Fsp3) is 0.583. The topological polar surface area (TPSA) is 16.1 Å². The highest BCUT2D eigenvalue weighted by atomic mass is 35.5. The van der Waals surface area contributed by atoms with E-state index in [2.05, 4.69) is 22.9 Å². The van der Waals surface area contributed by atoms with E-state index < -0.39 is 0 Å². The first-order valence-electron chi connectivity index (χ1n) is 5.57. The van der Waals surface area contributed by atoms with E-state index in [0.717, 1.165) is 12.4 Å². The molecule has 3 heteroatoms. The fourth-order valence-electron chi connectivity index (χ4n) is 2.03. The number of halogens is 1. The zero-order chi connectivity index (χ0) is 10.7. The van der Waals surface area contributed by atoms with Gasteiger partial charge in [0.25, 0.3) is 0 Å². The first-order valence-corrected chi connectivity index (χ1v) is 6.10. The molecule has 0 unspecified atom stereocenters. The first kappa shape index (κ1) is 10.7. The number of hydrogen-bond acceptors (Lipinski definition) is 2. The van der Waals surface area contributed by atoms with Crippen LogP contribution in [0.2, 0.25) is 0 Å². The van der Waals surface area contributed by atoms with Crippen molar-refractivity contribution in [2.24, 2.45) is 0 Å². The van der Waals surface area contributed by atoms with Crippen LogP contribution in [0, 0.1) is 6.92 Å². The maximum Gasteiger partial charge on any atom is 0.131 e. The van der Waals surface area contributed by atoms with E-state index in [1.54, 1.807) is 0 Å². The molecule has 82 valence electrons. The Morgan fingerprint density at radius 2 is 2.33 bits per heavy atom. The van der Waals surface area contributed by atoms with E-state index in [4.69, 9.17) is 11.6 Å². The van der Waals surface area contributed by atoms with Crippen molar-refractivity contribution < 1.29 is 0 Å². The van der Waals surface area contributed by atoms with Crippen LogP contribution < -0.4 is 4.90 Å². The van der Waals surface area contributed by atoms with Gasteiger partial charge in [-0.2, -0.15) is 0 Å². The van der Waals surface area contributed by atoms with Gasteiger partial charge in [-0.15, -0.1) is 11.6 Å². The lowest BCUT2D eigenvalue weighted by molar-refractivity contribution is 0.388. The van der Waals surface area contributed by atoms with Gasteiger partial charge in [0.1, 0.15) is 5.82 Å². The minimum atomic E-state index is 0.664. The molecule has 0 aliphatic heterocycles. The molecule has 0 aromatic carbocycles. The van der Waals surface area contributed by atoms with E-state index in [-0.39, 0.29) is 0 Å². The van der Waals surface area contributed by atoms with Gasteiger partial charge >= 0.3 is 0 Å². The number of hydrogen-bond donors (Lipinski definition) is 0. The number of aryl methyl sites for hydroxylation is 1. The largest absolute Gasteiger partial charge is 0.352 e. The summed E-state index contributed by atoms with van der Waals surface area (Å²) >= 11 is 5.85. The van der Waals surface area contributed by atoms with E-state index in [1.165, 1.54) is 24.8 Å². The van der Waals surface area contributed by atoms with Gasteiger partial charge in [0.15, 0.2) is 0 Å². The van der Waals surface area contributed by atoms with Crippen LogP contribution in [0.4, 0.5) is 5.82 Å². The van der Waals surface area contributed by atoms with Gasteiger partial charge in [-0.25, -0.2) is 4.98 Å². The summed E-state index contributed by atoms with van der Waals surface area (Å²) in [6.45, 7) is 3.02. The summed E-state index contributed by atoms with van der Waals surface area (Å²) < 4.78 is 0. The third kappa shape index (κ3) is 2.25. The zero-order valence-electron chi connectivity index (χ0n) is 9.12. The quantitative estimate of drug-likeness (QED) is 0.731. The molecule has 0 radical (unpaired) electrons. The summed E-state index contributed by atoms with van der Waals surface area (Å²) in [6.07, 6.45) is 5.78. The van der Waals surface area contributed by atoms with Gasteiger partial charge in [0.2, 0.25) is 0 Å². The molecule has 0 N–H and O–H groups in total. The van der Waals surface area contributed by atoms with Crippen molar-refractivity contribution in [3.05, 3.63) is 23.9 Å². The minimum absolute atomic E-state index is 0.664. The summed E-state index contributed by atoms with van der Waals surface area (Å²) in [5.74, 6) is 1.79. The van der Waals surface area contributed by atoms with Crippen molar-refractivity contribution in [3.63, 3.8) is 0 Å². The van der Waals surface area contributed by atoms with Gasteiger partial charge in [0.05, 0.1) is 0 Å². The van der Waals surface area contributed by atoms with Crippen molar-refractivity contribution in [1.82, 2.24) is 4.98 Å². The Morgan fingerprint density at radius 1 is 1.53 bits per heavy atom. The van der Waals surface area contributed by atoms with Crippen molar-refractivity contribution in [3.8, 4) is 0 Å². The van der Waals surface area contributed by atoms with E-state index >= 15 is 0 Å². The molecule has 0 saturated heterocycles. The Hall–Kier alpha value is -0.760. The van der Waals surface area contributed by atoms with E-state index in [1.807, 2.05) is 12.3 Å². The molecule has 2 nitrogen and oxygen atoms in total. The Bertz CT molecular complexity index is 323. The molecule has 1 aromatic heterocycles. The highest BCUT2D eigenvalue weighted by Gasteiger charge is 2.26. The number of pyridine rings is 1. The van der Waals surface area contributed by atoms with Gasteiger partial charge in [-0.3, -0.25) is 0 Å². The highest BCUT2D eigenvalue weighted by molar-refractivity contribution is 6.18. The Morgan fingerprint density at radius 3 is 2.87 bits per heavy atom. The molecule has 1 saturated carbocycles. The van der Waals surface area contributed by atoms with Crippen LogP contribution in [0.3, 0.4) is 0 Å². The second-order valence-electron chi connectivity index (χ2n) is 4.11. The number of aromatic nitrogens is 1.